The Kier molecular flexibility index (Phi) is 19.7. The van der Waals surface area contributed by atoms with Gasteiger partial charge >= 0.3 is 0 Å². The Morgan fingerprint density at radius 3 is 1.29 bits per heavy atom. The third-order valence-corrected chi connectivity index (χ3v) is 7.43. The van der Waals surface area contributed by atoms with E-state index < -0.39 is 12.2 Å². The first kappa shape index (κ1) is 39.3. The molecular weight excluding hydrogens is 592 g/mol. The topological polar surface area (TPSA) is 101 Å². The van der Waals surface area contributed by atoms with Crippen molar-refractivity contribution in [2.45, 2.75) is 90.5 Å². The first-order valence-corrected chi connectivity index (χ1v) is 16.7. The van der Waals surface area contributed by atoms with Gasteiger partial charge in [-0.3, -0.25) is 0 Å². The average molecular weight is 651 g/mol. The van der Waals surface area contributed by atoms with Crippen LogP contribution in [0.1, 0.15) is 64.5 Å². The molecule has 0 spiro atoms. The number of aliphatic hydroxyl groups is 2. The first-order valence-electron chi connectivity index (χ1n) is 16.7. The van der Waals surface area contributed by atoms with Gasteiger partial charge in [0.1, 0.15) is 36.9 Å². The zero-order valence-electron chi connectivity index (χ0n) is 27.9. The molecule has 2 atom stereocenters. The number of halogens is 1. The van der Waals surface area contributed by atoms with Crippen molar-refractivity contribution in [1.29, 1.82) is 0 Å². The standard InChI is InChI=1S/2C18H29NO3.ClH/c2*1-14(2)19-11-17(20)13-22-18-7-5-15(6-8-18)9-10-21-12-16-3-4-16;/h2*5-8,14,16-17,19-20H,3-4,9-13H2,1-2H3;1H/t2*17-;/m11./s1. The highest BCUT2D eigenvalue weighted by Gasteiger charge is 2.21. The van der Waals surface area contributed by atoms with Crippen LogP contribution in [0.15, 0.2) is 48.5 Å². The summed E-state index contributed by atoms with van der Waals surface area (Å²) in [6.45, 7) is 13.4. The minimum atomic E-state index is -0.488. The summed E-state index contributed by atoms with van der Waals surface area (Å²) in [5.74, 6) is 3.25. The third kappa shape index (κ3) is 20.0. The van der Waals surface area contributed by atoms with Crippen LogP contribution in [0.4, 0.5) is 0 Å². The van der Waals surface area contributed by atoms with Gasteiger partial charge in [-0.1, -0.05) is 52.0 Å². The maximum atomic E-state index is 9.80. The Morgan fingerprint density at radius 1 is 0.622 bits per heavy atom. The van der Waals surface area contributed by atoms with Crippen molar-refractivity contribution in [3.8, 4) is 11.5 Å². The number of hydrogen-bond donors (Lipinski definition) is 4. The van der Waals surface area contributed by atoms with Crippen molar-refractivity contribution >= 4 is 12.4 Å². The van der Waals surface area contributed by atoms with E-state index in [-0.39, 0.29) is 12.4 Å². The van der Waals surface area contributed by atoms with Crippen molar-refractivity contribution in [2.75, 3.05) is 52.7 Å². The molecule has 2 aliphatic rings. The lowest BCUT2D eigenvalue weighted by atomic mass is 10.1. The fourth-order valence-corrected chi connectivity index (χ4v) is 4.20. The molecule has 8 nitrogen and oxygen atoms in total. The molecular formula is C36H59ClN2O6. The molecule has 256 valence electrons. The molecule has 2 fully saturated rings. The molecule has 0 saturated heterocycles. The van der Waals surface area contributed by atoms with Crippen LogP contribution >= 0.6 is 12.4 Å². The molecule has 4 N–H and O–H groups in total. The van der Waals surface area contributed by atoms with Crippen LogP contribution in [0.2, 0.25) is 0 Å². The van der Waals surface area contributed by atoms with Gasteiger partial charge in [0, 0.05) is 38.4 Å². The predicted molar refractivity (Wildman–Crippen MR) is 184 cm³/mol. The van der Waals surface area contributed by atoms with E-state index in [1.54, 1.807) is 0 Å². The highest BCUT2D eigenvalue weighted by Crippen LogP contribution is 2.29. The minimum absolute atomic E-state index is 0. The smallest absolute Gasteiger partial charge is 0.119 e. The predicted octanol–water partition coefficient (Wildman–Crippen LogP) is 5.21. The SMILES string of the molecule is CC(C)NC[C@@H](O)COc1ccc(CCOCC2CC2)cc1.CC(C)NC[C@@H](O)COc1ccc(CCOCC2CC2)cc1.Cl. The fraction of sp³-hybridized carbons (Fsp3) is 0.667. The normalized spacial score (nSPS) is 15.6. The molecule has 4 rings (SSSR count). The minimum Gasteiger partial charge on any atom is -0.491 e. The van der Waals surface area contributed by atoms with E-state index in [9.17, 15) is 10.2 Å². The largest absolute Gasteiger partial charge is 0.491 e. The fourth-order valence-electron chi connectivity index (χ4n) is 4.20. The molecule has 0 heterocycles. The van der Waals surface area contributed by atoms with E-state index in [0.29, 0.717) is 38.4 Å². The maximum absolute atomic E-state index is 9.80. The van der Waals surface area contributed by atoms with Crippen LogP contribution in [0.3, 0.4) is 0 Å². The lowest BCUT2D eigenvalue weighted by molar-refractivity contribution is 0.104. The second-order valence-corrected chi connectivity index (χ2v) is 12.9. The van der Waals surface area contributed by atoms with E-state index in [2.05, 4.69) is 62.6 Å². The molecule has 0 aromatic heterocycles. The Labute approximate surface area is 278 Å². The summed E-state index contributed by atoms with van der Waals surface area (Å²) < 4.78 is 22.5. The van der Waals surface area contributed by atoms with Gasteiger partial charge in [-0.25, -0.2) is 0 Å². The molecule has 2 aromatic carbocycles. The first-order chi connectivity index (χ1) is 21.3. The van der Waals surface area contributed by atoms with Gasteiger partial charge in [0.25, 0.3) is 0 Å². The lowest BCUT2D eigenvalue weighted by Crippen LogP contribution is -2.35. The van der Waals surface area contributed by atoms with Crippen molar-refractivity contribution in [3.05, 3.63) is 59.7 Å². The van der Waals surface area contributed by atoms with Crippen molar-refractivity contribution in [3.63, 3.8) is 0 Å². The second kappa shape index (κ2) is 22.6. The summed E-state index contributed by atoms with van der Waals surface area (Å²) in [4.78, 5) is 0. The summed E-state index contributed by atoms with van der Waals surface area (Å²) >= 11 is 0. The molecule has 0 radical (unpaired) electrons. The van der Waals surface area contributed by atoms with Crippen LogP contribution < -0.4 is 20.1 Å². The van der Waals surface area contributed by atoms with Gasteiger partial charge in [0.05, 0.1) is 13.2 Å². The van der Waals surface area contributed by atoms with E-state index in [4.69, 9.17) is 18.9 Å². The molecule has 2 aromatic rings. The van der Waals surface area contributed by atoms with Gasteiger partial charge in [0.15, 0.2) is 0 Å². The molecule has 0 amide bonds. The van der Waals surface area contributed by atoms with Gasteiger partial charge < -0.3 is 39.8 Å². The second-order valence-electron chi connectivity index (χ2n) is 12.9. The monoisotopic (exact) mass is 650 g/mol. The molecule has 2 aliphatic carbocycles. The number of ether oxygens (including phenoxy) is 4. The molecule has 45 heavy (non-hydrogen) atoms. The van der Waals surface area contributed by atoms with E-state index >= 15 is 0 Å². The van der Waals surface area contributed by atoms with E-state index in [1.807, 2.05) is 24.3 Å². The number of rotatable bonds is 22. The van der Waals surface area contributed by atoms with Crippen molar-refractivity contribution in [1.82, 2.24) is 10.6 Å². The summed E-state index contributed by atoms with van der Waals surface area (Å²) in [6.07, 6.45) is 6.25. The lowest BCUT2D eigenvalue weighted by Gasteiger charge is -2.15. The summed E-state index contributed by atoms with van der Waals surface area (Å²) in [5.41, 5.74) is 2.51. The van der Waals surface area contributed by atoms with Gasteiger partial charge in [0.2, 0.25) is 0 Å². The Balaban J connectivity index is 0.000000307. The molecule has 2 saturated carbocycles. The van der Waals surface area contributed by atoms with E-state index in [1.165, 1.54) is 36.8 Å². The maximum Gasteiger partial charge on any atom is 0.119 e. The van der Waals surface area contributed by atoms with Crippen LogP contribution in [-0.4, -0.2) is 87.2 Å². The number of benzene rings is 2. The summed E-state index contributed by atoms with van der Waals surface area (Å²) in [6, 6.07) is 16.8. The Hall–Kier alpha value is -1.91. The van der Waals surface area contributed by atoms with Gasteiger partial charge in [-0.05, 0) is 85.8 Å². The Bertz CT molecular complexity index is 918. The van der Waals surface area contributed by atoms with Crippen LogP contribution in [-0.2, 0) is 22.3 Å². The zero-order valence-corrected chi connectivity index (χ0v) is 28.7. The highest BCUT2D eigenvalue weighted by atomic mass is 35.5. The van der Waals surface area contributed by atoms with Crippen LogP contribution in [0.25, 0.3) is 0 Å². The van der Waals surface area contributed by atoms with Gasteiger partial charge in [-0.2, -0.15) is 0 Å². The van der Waals surface area contributed by atoms with E-state index in [0.717, 1.165) is 62.6 Å². The summed E-state index contributed by atoms with van der Waals surface area (Å²) in [5, 5.41) is 26.0. The zero-order chi connectivity index (χ0) is 31.6. The third-order valence-electron chi connectivity index (χ3n) is 7.43. The quantitative estimate of drug-likeness (QED) is 0.129. The van der Waals surface area contributed by atoms with Crippen LogP contribution in [0, 0.1) is 11.8 Å². The Morgan fingerprint density at radius 2 is 0.978 bits per heavy atom. The molecule has 0 aliphatic heterocycles. The molecule has 0 unspecified atom stereocenters. The number of hydrogen-bond acceptors (Lipinski definition) is 8. The van der Waals surface area contributed by atoms with Crippen LogP contribution in [0.5, 0.6) is 11.5 Å². The van der Waals surface area contributed by atoms with Crippen molar-refractivity contribution < 1.29 is 29.2 Å². The average Bonchev–Trinajstić information content (AvgIpc) is 3.95. The molecule has 9 heteroatoms. The van der Waals surface area contributed by atoms with Gasteiger partial charge in [-0.15, -0.1) is 12.4 Å². The summed E-state index contributed by atoms with van der Waals surface area (Å²) in [7, 11) is 0. The number of nitrogens with one attached hydrogen (secondary N) is 2. The number of aliphatic hydroxyl groups excluding tert-OH is 2. The molecule has 0 bridgehead atoms. The van der Waals surface area contributed by atoms with Crippen molar-refractivity contribution in [2.24, 2.45) is 11.8 Å². The highest BCUT2D eigenvalue weighted by molar-refractivity contribution is 5.85.